The summed E-state index contributed by atoms with van der Waals surface area (Å²) in [7, 11) is -3.06. The van der Waals surface area contributed by atoms with Crippen LogP contribution >= 0.6 is 7.14 Å². The van der Waals surface area contributed by atoms with Gasteiger partial charge in [-0.05, 0) is 88.3 Å². The van der Waals surface area contributed by atoms with Crippen LogP contribution in [0.2, 0.25) is 0 Å². The van der Waals surface area contributed by atoms with Gasteiger partial charge in [-0.15, -0.1) is 0 Å². The molecule has 0 heterocycles. The minimum Gasteiger partial charge on any atom is -0.309 e. The molecule has 2 aliphatic rings. The van der Waals surface area contributed by atoms with Crippen molar-refractivity contribution >= 4 is 44.6 Å². The highest BCUT2D eigenvalue weighted by molar-refractivity contribution is 7.85. The van der Waals surface area contributed by atoms with Gasteiger partial charge in [0.05, 0.1) is 5.41 Å². The number of benzene rings is 10. The van der Waals surface area contributed by atoms with Gasteiger partial charge >= 0.3 is 0 Å². The van der Waals surface area contributed by atoms with E-state index in [0.717, 1.165) is 27.0 Å². The van der Waals surface area contributed by atoms with Crippen LogP contribution in [0.4, 0.5) is 0 Å². The fraction of sp³-hybridized carbons (Fsp3) is 0.0175. The van der Waals surface area contributed by atoms with Crippen LogP contribution in [-0.2, 0) is 9.98 Å². The second kappa shape index (κ2) is 13.0. The summed E-state index contributed by atoms with van der Waals surface area (Å²) in [6.07, 6.45) is 0. The summed E-state index contributed by atoms with van der Waals surface area (Å²) in [5.74, 6) is 0. The lowest BCUT2D eigenvalue weighted by Crippen LogP contribution is -2.31. The van der Waals surface area contributed by atoms with Crippen molar-refractivity contribution < 1.29 is 4.57 Å². The van der Waals surface area contributed by atoms with E-state index in [0.29, 0.717) is 0 Å². The van der Waals surface area contributed by atoms with E-state index in [4.69, 9.17) is 0 Å². The molecule has 0 atom stereocenters. The van der Waals surface area contributed by atoms with Gasteiger partial charge < -0.3 is 4.57 Å². The molecule has 0 unspecified atom stereocenters. The molecule has 0 aromatic heterocycles. The molecule has 10 aromatic rings. The number of hydrogen-bond donors (Lipinski definition) is 0. The molecule has 1 nitrogen and oxygen atoms in total. The first-order valence-electron chi connectivity index (χ1n) is 20.4. The molecule has 59 heavy (non-hydrogen) atoms. The molecule has 276 valence electrons. The quantitative estimate of drug-likeness (QED) is 0.126. The molecule has 0 radical (unpaired) electrons. The Kier molecular flexibility index (Phi) is 7.49. The second-order valence-electron chi connectivity index (χ2n) is 15.8. The van der Waals surface area contributed by atoms with Crippen LogP contribution < -0.4 is 15.9 Å². The predicted molar refractivity (Wildman–Crippen MR) is 248 cm³/mol. The zero-order valence-corrected chi connectivity index (χ0v) is 33.1. The predicted octanol–water partition coefficient (Wildman–Crippen LogP) is 13.3. The molecule has 2 aliphatic carbocycles. The van der Waals surface area contributed by atoms with Crippen molar-refractivity contribution in [2.45, 2.75) is 5.41 Å². The topological polar surface area (TPSA) is 17.1 Å². The van der Waals surface area contributed by atoms with Crippen LogP contribution in [0.15, 0.2) is 224 Å². The SMILES string of the molecule is O=P(c1ccccc1)(c1ccccc1)c1ccc(-c2ccc(-c3c4ccccc4c4c5c(cccc35)C3(c5ccccc5-c5ccccc53)c3ccccc3-4)cc2)cc1. The molecule has 1 spiro atoms. The fourth-order valence-electron chi connectivity index (χ4n) is 10.5. The monoisotopic (exact) mass is 768 g/mol. The van der Waals surface area contributed by atoms with Gasteiger partial charge in [0.2, 0.25) is 0 Å². The molecule has 0 amide bonds. The van der Waals surface area contributed by atoms with E-state index in [1.165, 1.54) is 77.2 Å². The maximum absolute atomic E-state index is 15.0. The van der Waals surface area contributed by atoms with E-state index < -0.39 is 12.6 Å². The van der Waals surface area contributed by atoms with Crippen molar-refractivity contribution in [3.05, 3.63) is 247 Å². The summed E-state index contributed by atoms with van der Waals surface area (Å²) >= 11 is 0. The lowest BCUT2D eigenvalue weighted by molar-refractivity contribution is 0.592. The normalized spacial score (nSPS) is 13.3. The first-order chi connectivity index (χ1) is 29.2. The fourth-order valence-corrected chi connectivity index (χ4v) is 13.2. The van der Waals surface area contributed by atoms with Gasteiger partial charge in [0.15, 0.2) is 7.14 Å². The molecule has 0 bridgehead atoms. The lowest BCUT2D eigenvalue weighted by atomic mass is 9.60. The van der Waals surface area contributed by atoms with Gasteiger partial charge in [0.1, 0.15) is 0 Å². The highest BCUT2D eigenvalue weighted by Crippen LogP contribution is 2.63. The molecular weight excluding hydrogens is 732 g/mol. The van der Waals surface area contributed by atoms with E-state index >= 15 is 4.57 Å². The van der Waals surface area contributed by atoms with Crippen molar-refractivity contribution in [2.24, 2.45) is 0 Å². The second-order valence-corrected chi connectivity index (χ2v) is 18.6. The van der Waals surface area contributed by atoms with Crippen LogP contribution in [0.5, 0.6) is 0 Å². The molecule has 0 N–H and O–H groups in total. The Hall–Kier alpha value is -7.05. The summed E-state index contributed by atoms with van der Waals surface area (Å²) in [6, 6.07) is 80.3. The Morgan fingerprint density at radius 3 is 1.25 bits per heavy atom. The van der Waals surface area contributed by atoms with Gasteiger partial charge in [-0.25, -0.2) is 0 Å². The van der Waals surface area contributed by atoms with E-state index in [-0.39, 0.29) is 0 Å². The molecule has 0 saturated heterocycles. The van der Waals surface area contributed by atoms with Crippen molar-refractivity contribution in [3.8, 4) is 44.5 Å². The van der Waals surface area contributed by atoms with Crippen molar-refractivity contribution in [1.29, 1.82) is 0 Å². The molecular formula is C57H37OP. The van der Waals surface area contributed by atoms with E-state index in [9.17, 15) is 0 Å². The number of hydrogen-bond acceptors (Lipinski definition) is 1. The maximum atomic E-state index is 15.0. The summed E-state index contributed by atoms with van der Waals surface area (Å²) in [5, 5.41) is 7.62. The minimum absolute atomic E-state index is 0.447. The standard InChI is InChI=1S/C57H37OP/c58-59(41-16-3-1-4-17-41,42-18-5-2-6-19-42)43-36-34-39(35-37-43)38-30-32-40(33-31-38)54-46-22-7-8-23-47(46)55-48-24-11-14-28-52(48)57(53-29-15-25-49(54)56(53)55)50-26-12-9-20-44(50)45-21-10-13-27-51(45)57/h1-37H. The Morgan fingerprint density at radius 2 is 0.678 bits per heavy atom. The van der Waals surface area contributed by atoms with Gasteiger partial charge in [-0.2, -0.15) is 0 Å². The largest absolute Gasteiger partial charge is 0.309 e. The molecule has 0 saturated carbocycles. The van der Waals surface area contributed by atoms with Gasteiger partial charge in [0, 0.05) is 15.9 Å². The van der Waals surface area contributed by atoms with Crippen molar-refractivity contribution in [3.63, 3.8) is 0 Å². The zero-order chi connectivity index (χ0) is 39.1. The van der Waals surface area contributed by atoms with E-state index in [1.54, 1.807) is 0 Å². The number of rotatable bonds is 5. The van der Waals surface area contributed by atoms with Crippen molar-refractivity contribution in [1.82, 2.24) is 0 Å². The molecule has 2 heteroatoms. The Balaban J connectivity index is 1.04. The average Bonchev–Trinajstić information content (AvgIpc) is 3.61. The zero-order valence-electron chi connectivity index (χ0n) is 32.2. The van der Waals surface area contributed by atoms with Crippen LogP contribution in [0.3, 0.4) is 0 Å². The highest BCUT2D eigenvalue weighted by Gasteiger charge is 2.50. The Morgan fingerprint density at radius 1 is 0.288 bits per heavy atom. The third kappa shape index (κ3) is 4.71. The average molecular weight is 769 g/mol. The Bertz CT molecular complexity index is 3240. The third-order valence-electron chi connectivity index (χ3n) is 13.0. The van der Waals surface area contributed by atoms with Crippen molar-refractivity contribution in [2.75, 3.05) is 0 Å². The number of fused-ring (bicyclic) bond motifs is 11. The van der Waals surface area contributed by atoms with Crippen LogP contribution in [0, 0.1) is 0 Å². The van der Waals surface area contributed by atoms with E-state index in [1.807, 2.05) is 60.7 Å². The Labute approximate surface area is 344 Å². The first kappa shape index (κ1) is 34.0. The molecule has 12 rings (SSSR count). The minimum atomic E-state index is -3.06. The first-order valence-corrected chi connectivity index (χ1v) is 22.1. The molecule has 0 aliphatic heterocycles. The van der Waals surface area contributed by atoms with Gasteiger partial charge in [0.25, 0.3) is 0 Å². The summed E-state index contributed by atoms with van der Waals surface area (Å²) in [6.45, 7) is 0. The third-order valence-corrected chi connectivity index (χ3v) is 16.1. The van der Waals surface area contributed by atoms with Gasteiger partial charge in [-0.1, -0.05) is 224 Å². The summed E-state index contributed by atoms with van der Waals surface area (Å²) in [5.41, 5.74) is 14.8. The van der Waals surface area contributed by atoms with Gasteiger partial charge in [-0.3, -0.25) is 0 Å². The highest BCUT2D eigenvalue weighted by atomic mass is 31.2. The van der Waals surface area contributed by atoms with Crippen LogP contribution in [0.25, 0.3) is 66.1 Å². The lowest BCUT2D eigenvalue weighted by Gasteiger charge is -2.40. The summed E-state index contributed by atoms with van der Waals surface area (Å²) < 4.78 is 15.0. The maximum Gasteiger partial charge on any atom is 0.171 e. The van der Waals surface area contributed by atoms with Crippen LogP contribution in [0.1, 0.15) is 22.3 Å². The van der Waals surface area contributed by atoms with Crippen LogP contribution in [-0.4, -0.2) is 0 Å². The molecule has 10 aromatic carbocycles. The van der Waals surface area contributed by atoms with E-state index in [2.05, 4.69) is 164 Å². The smallest absolute Gasteiger partial charge is 0.171 e. The summed E-state index contributed by atoms with van der Waals surface area (Å²) in [4.78, 5) is 0. The molecule has 0 fully saturated rings.